The van der Waals surface area contributed by atoms with Gasteiger partial charge in [-0.2, -0.15) is 0 Å². The quantitative estimate of drug-likeness (QED) is 0.800. The predicted molar refractivity (Wildman–Crippen MR) is 96.0 cm³/mol. The van der Waals surface area contributed by atoms with Crippen LogP contribution in [0, 0.1) is 11.3 Å². The molecule has 1 atom stereocenters. The van der Waals surface area contributed by atoms with Crippen molar-refractivity contribution in [2.75, 3.05) is 45.9 Å². The summed E-state index contributed by atoms with van der Waals surface area (Å²) in [5, 5.41) is 0. The molecule has 0 aromatic carbocycles. The highest BCUT2D eigenvalue weighted by Crippen LogP contribution is 2.30. The van der Waals surface area contributed by atoms with Crippen LogP contribution in [0.25, 0.3) is 0 Å². The first-order chi connectivity index (χ1) is 11.1. The van der Waals surface area contributed by atoms with Crippen LogP contribution in [0.4, 0.5) is 0 Å². The third kappa shape index (κ3) is 4.41. The summed E-state index contributed by atoms with van der Waals surface area (Å²) in [4.78, 5) is 29.4. The first-order valence-corrected chi connectivity index (χ1v) is 8.94. The van der Waals surface area contributed by atoms with Crippen LogP contribution in [-0.2, 0) is 14.3 Å². The first kappa shape index (κ1) is 21.2. The number of morpholine rings is 1. The molecule has 2 N–H and O–H groups in total. The van der Waals surface area contributed by atoms with E-state index in [2.05, 4.69) is 0 Å². The topological polar surface area (TPSA) is 75.9 Å². The summed E-state index contributed by atoms with van der Waals surface area (Å²) < 4.78 is 5.31. The molecule has 0 saturated carbocycles. The average Bonchev–Trinajstić information content (AvgIpc) is 2.63. The molecule has 7 heteroatoms. The van der Waals surface area contributed by atoms with Crippen molar-refractivity contribution in [1.29, 1.82) is 0 Å². The van der Waals surface area contributed by atoms with Gasteiger partial charge in [-0.1, -0.05) is 13.8 Å². The highest BCUT2D eigenvalue weighted by Gasteiger charge is 2.40. The summed E-state index contributed by atoms with van der Waals surface area (Å²) in [5.74, 6) is 0.233. The molecule has 2 saturated heterocycles. The second-order valence-corrected chi connectivity index (χ2v) is 6.72. The van der Waals surface area contributed by atoms with Crippen molar-refractivity contribution in [2.24, 2.45) is 17.1 Å². The minimum atomic E-state index is -0.468. The number of nitrogens with zero attached hydrogens (tertiary/aromatic N) is 2. The highest BCUT2D eigenvalue weighted by molar-refractivity contribution is 5.85. The van der Waals surface area contributed by atoms with E-state index in [0.29, 0.717) is 39.4 Å². The van der Waals surface area contributed by atoms with Crippen molar-refractivity contribution in [2.45, 2.75) is 39.5 Å². The molecule has 2 amide bonds. The normalized spacial score (nSPS) is 22.0. The van der Waals surface area contributed by atoms with E-state index in [4.69, 9.17) is 10.5 Å². The molecule has 24 heavy (non-hydrogen) atoms. The maximum Gasteiger partial charge on any atom is 0.230 e. The zero-order valence-electron chi connectivity index (χ0n) is 15.0. The van der Waals surface area contributed by atoms with Crippen LogP contribution in [0.2, 0.25) is 0 Å². The Labute approximate surface area is 151 Å². The van der Waals surface area contributed by atoms with Crippen LogP contribution in [0.3, 0.4) is 0 Å². The summed E-state index contributed by atoms with van der Waals surface area (Å²) in [6, 6.07) is 0. The second-order valence-electron chi connectivity index (χ2n) is 6.72. The molecular weight excluding hydrogens is 330 g/mol. The van der Waals surface area contributed by atoms with E-state index in [-0.39, 0.29) is 30.1 Å². The van der Waals surface area contributed by atoms with Gasteiger partial charge < -0.3 is 20.3 Å². The molecular formula is C17H32ClN3O3. The van der Waals surface area contributed by atoms with Gasteiger partial charge in [0, 0.05) is 32.7 Å². The van der Waals surface area contributed by atoms with Gasteiger partial charge in [-0.3, -0.25) is 9.59 Å². The van der Waals surface area contributed by atoms with E-state index < -0.39 is 5.41 Å². The summed E-state index contributed by atoms with van der Waals surface area (Å²) in [7, 11) is 0. The maximum atomic E-state index is 13.0. The lowest BCUT2D eigenvalue weighted by molar-refractivity contribution is -0.148. The molecule has 6 nitrogen and oxygen atoms in total. The molecule has 0 spiro atoms. The highest BCUT2D eigenvalue weighted by atomic mass is 35.5. The number of rotatable bonds is 5. The Hall–Kier alpha value is -0.850. The van der Waals surface area contributed by atoms with Crippen LogP contribution in [0.1, 0.15) is 39.5 Å². The van der Waals surface area contributed by atoms with E-state index >= 15 is 0 Å². The number of ether oxygens (including phenoxy) is 1. The van der Waals surface area contributed by atoms with Crippen molar-refractivity contribution >= 4 is 24.2 Å². The van der Waals surface area contributed by atoms with E-state index in [1.165, 1.54) is 0 Å². The van der Waals surface area contributed by atoms with E-state index in [1.54, 1.807) is 0 Å². The number of carbonyl (C=O) groups excluding carboxylic acids is 2. The Bertz CT molecular complexity index is 415. The molecule has 1 unspecified atom stereocenters. The van der Waals surface area contributed by atoms with E-state index in [1.807, 2.05) is 23.6 Å². The van der Waals surface area contributed by atoms with Gasteiger partial charge in [0.05, 0.1) is 24.5 Å². The number of likely N-dealkylation sites (tertiary alicyclic amines) is 1. The fraction of sp³-hybridized carbons (Fsp3) is 0.882. The molecule has 2 heterocycles. The van der Waals surface area contributed by atoms with E-state index in [9.17, 15) is 9.59 Å². The Morgan fingerprint density at radius 1 is 1.12 bits per heavy atom. The molecule has 0 bridgehead atoms. The standard InChI is InChI=1S/C17H31N3O3.ClH/c1-3-17(4-2,13-18)16(22)20-7-5-6-14(12-20)15(21)19-8-10-23-11-9-19;/h14H,3-13,18H2,1-2H3;1H. The molecule has 2 fully saturated rings. The van der Waals surface area contributed by atoms with E-state index in [0.717, 1.165) is 32.2 Å². The van der Waals surface area contributed by atoms with Gasteiger partial charge in [0.2, 0.25) is 11.8 Å². The van der Waals surface area contributed by atoms with Crippen LogP contribution in [0.5, 0.6) is 0 Å². The zero-order valence-corrected chi connectivity index (χ0v) is 15.8. The van der Waals surface area contributed by atoms with Crippen LogP contribution in [-0.4, -0.2) is 67.6 Å². The van der Waals surface area contributed by atoms with Gasteiger partial charge in [-0.05, 0) is 25.7 Å². The van der Waals surface area contributed by atoms with Crippen LogP contribution >= 0.6 is 12.4 Å². The minimum Gasteiger partial charge on any atom is -0.378 e. The SMILES string of the molecule is CCC(CC)(CN)C(=O)N1CCCC(C(=O)N2CCOCC2)C1.Cl. The van der Waals surface area contributed by atoms with Crippen LogP contribution in [0.15, 0.2) is 0 Å². The maximum absolute atomic E-state index is 13.0. The van der Waals surface area contributed by atoms with Gasteiger partial charge in [0.25, 0.3) is 0 Å². The molecule has 140 valence electrons. The Morgan fingerprint density at radius 3 is 2.29 bits per heavy atom. The predicted octanol–water partition coefficient (Wildman–Crippen LogP) is 1.27. The number of nitrogens with two attached hydrogens (primary N) is 1. The minimum absolute atomic E-state index is 0. The van der Waals surface area contributed by atoms with Gasteiger partial charge in [0.15, 0.2) is 0 Å². The fourth-order valence-electron chi connectivity index (χ4n) is 3.67. The number of hydrogen-bond donors (Lipinski definition) is 1. The van der Waals surface area contributed by atoms with Gasteiger partial charge in [-0.15, -0.1) is 12.4 Å². The zero-order chi connectivity index (χ0) is 16.9. The molecule has 0 radical (unpaired) electrons. The number of hydrogen-bond acceptors (Lipinski definition) is 4. The molecule has 0 aliphatic carbocycles. The van der Waals surface area contributed by atoms with Crippen LogP contribution < -0.4 is 5.73 Å². The average molecular weight is 362 g/mol. The lowest BCUT2D eigenvalue weighted by Crippen LogP contribution is -2.53. The summed E-state index contributed by atoms with van der Waals surface area (Å²) in [6.07, 6.45) is 3.25. The Balaban J connectivity index is 0.00000288. The number of piperidine rings is 1. The molecule has 2 rings (SSSR count). The van der Waals surface area contributed by atoms with Gasteiger partial charge >= 0.3 is 0 Å². The molecule has 2 aliphatic rings. The summed E-state index contributed by atoms with van der Waals surface area (Å²) >= 11 is 0. The van der Waals surface area contributed by atoms with Crippen molar-refractivity contribution < 1.29 is 14.3 Å². The Morgan fingerprint density at radius 2 is 1.75 bits per heavy atom. The number of halogens is 1. The fourth-order valence-corrected chi connectivity index (χ4v) is 3.67. The first-order valence-electron chi connectivity index (χ1n) is 8.94. The second kappa shape index (κ2) is 9.59. The van der Waals surface area contributed by atoms with Crippen molar-refractivity contribution in [3.05, 3.63) is 0 Å². The summed E-state index contributed by atoms with van der Waals surface area (Å²) in [5.41, 5.74) is 5.44. The molecule has 2 aliphatic heterocycles. The lowest BCUT2D eigenvalue weighted by Gasteiger charge is -2.40. The van der Waals surface area contributed by atoms with Crippen molar-refractivity contribution in [3.63, 3.8) is 0 Å². The smallest absolute Gasteiger partial charge is 0.230 e. The third-order valence-electron chi connectivity index (χ3n) is 5.58. The Kier molecular flexibility index (Phi) is 8.46. The number of carbonyl (C=O) groups is 2. The largest absolute Gasteiger partial charge is 0.378 e. The third-order valence-corrected chi connectivity index (χ3v) is 5.58. The van der Waals surface area contributed by atoms with Gasteiger partial charge in [0.1, 0.15) is 0 Å². The summed E-state index contributed by atoms with van der Waals surface area (Å²) in [6.45, 7) is 8.26. The monoisotopic (exact) mass is 361 g/mol. The molecule has 0 aromatic heterocycles. The lowest BCUT2D eigenvalue weighted by atomic mass is 9.80. The van der Waals surface area contributed by atoms with Crippen molar-refractivity contribution in [3.8, 4) is 0 Å². The van der Waals surface area contributed by atoms with Crippen molar-refractivity contribution in [1.82, 2.24) is 9.80 Å². The molecule has 0 aromatic rings. The van der Waals surface area contributed by atoms with Gasteiger partial charge in [-0.25, -0.2) is 0 Å². The number of amides is 2.